The molecular formula is C24H38BNO5. The van der Waals surface area contributed by atoms with Crippen molar-refractivity contribution in [2.24, 2.45) is 0 Å². The molecule has 31 heavy (non-hydrogen) atoms. The summed E-state index contributed by atoms with van der Waals surface area (Å²) in [6.07, 6.45) is 1.57. The Labute approximate surface area is 187 Å². The molecule has 2 heterocycles. The van der Waals surface area contributed by atoms with E-state index < -0.39 is 12.7 Å². The maximum Gasteiger partial charge on any atom is 0.494 e. The number of carbonyl (C=O) groups excluding carboxylic acids is 1. The van der Waals surface area contributed by atoms with Crippen LogP contribution in [0.3, 0.4) is 0 Å². The summed E-state index contributed by atoms with van der Waals surface area (Å²) in [5.74, 6) is 0. The minimum atomic E-state index is -0.544. The highest BCUT2D eigenvalue weighted by Gasteiger charge is 2.51. The summed E-state index contributed by atoms with van der Waals surface area (Å²) >= 11 is 0. The molecule has 2 aliphatic heterocycles. The Morgan fingerprint density at radius 1 is 1.10 bits per heavy atom. The molecule has 2 saturated heterocycles. The fourth-order valence-corrected chi connectivity index (χ4v) is 3.99. The lowest BCUT2D eigenvalue weighted by molar-refractivity contribution is -0.0638. The van der Waals surface area contributed by atoms with Gasteiger partial charge in [-0.05, 0) is 65.9 Å². The fourth-order valence-electron chi connectivity index (χ4n) is 3.99. The molecule has 0 unspecified atom stereocenters. The molecule has 1 aromatic carbocycles. The van der Waals surface area contributed by atoms with Crippen molar-refractivity contribution in [2.75, 3.05) is 13.2 Å². The lowest BCUT2D eigenvalue weighted by Gasteiger charge is -2.42. The van der Waals surface area contributed by atoms with E-state index in [1.165, 1.54) is 0 Å². The van der Waals surface area contributed by atoms with Crippen LogP contribution in [0.15, 0.2) is 24.3 Å². The molecule has 0 saturated carbocycles. The zero-order chi connectivity index (χ0) is 23.0. The van der Waals surface area contributed by atoms with Crippen molar-refractivity contribution in [2.45, 2.75) is 97.1 Å². The van der Waals surface area contributed by atoms with Gasteiger partial charge in [0, 0.05) is 0 Å². The van der Waals surface area contributed by atoms with Gasteiger partial charge in [0.05, 0.1) is 36.5 Å². The van der Waals surface area contributed by atoms with Gasteiger partial charge in [-0.3, -0.25) is 4.90 Å². The molecule has 0 bridgehead atoms. The van der Waals surface area contributed by atoms with Gasteiger partial charge < -0.3 is 18.8 Å². The van der Waals surface area contributed by atoms with Crippen LogP contribution in [0.5, 0.6) is 0 Å². The molecule has 2 aliphatic rings. The van der Waals surface area contributed by atoms with Crippen molar-refractivity contribution < 1.29 is 23.6 Å². The van der Waals surface area contributed by atoms with Crippen LogP contribution in [0, 0.1) is 0 Å². The minimum absolute atomic E-state index is 0.00127. The minimum Gasteiger partial charge on any atom is -0.444 e. The first-order valence-corrected chi connectivity index (χ1v) is 11.4. The molecule has 7 heteroatoms. The standard InChI is InChI=1S/C24H38BNO5/c1-9-10-19-15-28-16-20(26(19)21(27)29-22(2,3)4)17-11-13-18(14-12-17)25-30-23(5,6)24(7,8)31-25/h11-14,19-20H,9-10,15-16H2,1-8H3/t19-,20+/m1/s1. The van der Waals surface area contributed by atoms with Gasteiger partial charge >= 0.3 is 13.2 Å². The largest absolute Gasteiger partial charge is 0.494 e. The van der Waals surface area contributed by atoms with Crippen LogP contribution in [-0.2, 0) is 18.8 Å². The number of rotatable bonds is 4. The molecule has 2 fully saturated rings. The van der Waals surface area contributed by atoms with Gasteiger partial charge in [-0.15, -0.1) is 0 Å². The Morgan fingerprint density at radius 2 is 1.68 bits per heavy atom. The Bertz CT molecular complexity index is 753. The van der Waals surface area contributed by atoms with Crippen LogP contribution in [0.1, 0.15) is 79.8 Å². The molecule has 0 N–H and O–H groups in total. The number of morpholine rings is 1. The average Bonchev–Trinajstić information content (AvgIpc) is 2.88. The van der Waals surface area contributed by atoms with Gasteiger partial charge in [0.25, 0.3) is 0 Å². The fraction of sp³-hybridized carbons (Fsp3) is 0.708. The number of benzene rings is 1. The molecule has 0 spiro atoms. The van der Waals surface area contributed by atoms with E-state index >= 15 is 0 Å². The van der Waals surface area contributed by atoms with Gasteiger partial charge in [0.1, 0.15) is 5.60 Å². The highest BCUT2D eigenvalue weighted by molar-refractivity contribution is 6.62. The summed E-state index contributed by atoms with van der Waals surface area (Å²) in [7, 11) is -0.406. The Balaban J connectivity index is 1.83. The predicted octanol–water partition coefficient (Wildman–Crippen LogP) is 4.46. The van der Waals surface area contributed by atoms with E-state index in [2.05, 4.69) is 6.92 Å². The zero-order valence-electron chi connectivity index (χ0n) is 20.4. The van der Waals surface area contributed by atoms with Crippen LogP contribution < -0.4 is 5.46 Å². The first kappa shape index (κ1) is 24.1. The molecular weight excluding hydrogens is 393 g/mol. The summed E-state index contributed by atoms with van der Waals surface area (Å²) in [6, 6.07) is 7.94. The van der Waals surface area contributed by atoms with Gasteiger partial charge in [-0.2, -0.15) is 0 Å². The quantitative estimate of drug-likeness (QED) is 0.659. The third-order valence-corrected chi connectivity index (χ3v) is 6.39. The molecule has 1 amide bonds. The third-order valence-electron chi connectivity index (χ3n) is 6.39. The summed E-state index contributed by atoms with van der Waals surface area (Å²) in [6.45, 7) is 17.0. The van der Waals surface area contributed by atoms with Crippen molar-refractivity contribution in [1.82, 2.24) is 4.90 Å². The van der Waals surface area contributed by atoms with Crippen LogP contribution in [0.25, 0.3) is 0 Å². The molecule has 1 aromatic rings. The smallest absolute Gasteiger partial charge is 0.444 e. The average molecular weight is 431 g/mol. The molecule has 0 radical (unpaired) electrons. The van der Waals surface area contributed by atoms with E-state index in [9.17, 15) is 4.79 Å². The van der Waals surface area contributed by atoms with Crippen molar-refractivity contribution in [3.8, 4) is 0 Å². The SMILES string of the molecule is CCC[C@@H]1COC[C@@H](c2ccc(B3OC(C)(C)C(C)(C)O3)cc2)N1C(=O)OC(C)(C)C. The Kier molecular flexibility index (Phi) is 6.80. The van der Waals surface area contributed by atoms with Gasteiger partial charge in [-0.25, -0.2) is 4.79 Å². The van der Waals surface area contributed by atoms with E-state index in [-0.39, 0.29) is 29.4 Å². The second-order valence-corrected chi connectivity index (χ2v) is 10.6. The number of carbonyl (C=O) groups is 1. The number of amides is 1. The third kappa shape index (κ3) is 5.26. The first-order valence-electron chi connectivity index (χ1n) is 11.4. The zero-order valence-corrected chi connectivity index (χ0v) is 20.4. The normalized spacial score (nSPS) is 25.5. The first-order chi connectivity index (χ1) is 14.3. The van der Waals surface area contributed by atoms with E-state index in [4.69, 9.17) is 18.8 Å². The van der Waals surface area contributed by atoms with E-state index in [0.717, 1.165) is 23.9 Å². The monoisotopic (exact) mass is 431 g/mol. The number of nitrogens with zero attached hydrogens (tertiary/aromatic N) is 1. The van der Waals surface area contributed by atoms with Crippen molar-refractivity contribution in [3.63, 3.8) is 0 Å². The number of hydrogen-bond donors (Lipinski definition) is 0. The van der Waals surface area contributed by atoms with E-state index in [0.29, 0.717) is 13.2 Å². The molecule has 2 atom stereocenters. The highest BCUT2D eigenvalue weighted by atomic mass is 16.7. The molecule has 0 aromatic heterocycles. The van der Waals surface area contributed by atoms with Gasteiger partial charge in [-0.1, -0.05) is 37.6 Å². The lowest BCUT2D eigenvalue weighted by Crippen LogP contribution is -2.52. The second-order valence-electron chi connectivity index (χ2n) is 10.6. The lowest BCUT2D eigenvalue weighted by atomic mass is 9.78. The molecule has 172 valence electrons. The number of hydrogen-bond acceptors (Lipinski definition) is 5. The Hall–Kier alpha value is -1.57. The second kappa shape index (κ2) is 8.76. The van der Waals surface area contributed by atoms with Crippen LogP contribution in [0.2, 0.25) is 0 Å². The van der Waals surface area contributed by atoms with Crippen molar-refractivity contribution in [3.05, 3.63) is 29.8 Å². The summed E-state index contributed by atoms with van der Waals surface area (Å²) in [4.78, 5) is 15.0. The number of ether oxygens (including phenoxy) is 2. The topological polar surface area (TPSA) is 57.2 Å². The van der Waals surface area contributed by atoms with Gasteiger partial charge in [0.15, 0.2) is 0 Å². The summed E-state index contributed by atoms with van der Waals surface area (Å²) in [5, 5.41) is 0. The van der Waals surface area contributed by atoms with E-state index in [1.807, 2.05) is 77.6 Å². The van der Waals surface area contributed by atoms with Crippen molar-refractivity contribution in [1.29, 1.82) is 0 Å². The highest BCUT2D eigenvalue weighted by Crippen LogP contribution is 2.37. The molecule has 0 aliphatic carbocycles. The molecule has 6 nitrogen and oxygen atoms in total. The molecule has 3 rings (SSSR count). The van der Waals surface area contributed by atoms with Crippen LogP contribution in [0.4, 0.5) is 4.79 Å². The summed E-state index contributed by atoms with van der Waals surface area (Å²) in [5.41, 5.74) is 0.681. The predicted molar refractivity (Wildman–Crippen MR) is 122 cm³/mol. The van der Waals surface area contributed by atoms with Gasteiger partial charge in [0.2, 0.25) is 0 Å². The maximum atomic E-state index is 13.1. The Morgan fingerprint density at radius 3 is 2.19 bits per heavy atom. The maximum absolute atomic E-state index is 13.1. The summed E-state index contributed by atoms with van der Waals surface area (Å²) < 4.78 is 24.0. The van der Waals surface area contributed by atoms with Crippen LogP contribution in [-0.4, -0.2) is 54.2 Å². The van der Waals surface area contributed by atoms with Crippen LogP contribution >= 0.6 is 0 Å². The van der Waals surface area contributed by atoms with E-state index in [1.54, 1.807) is 0 Å². The van der Waals surface area contributed by atoms with Crippen molar-refractivity contribution >= 4 is 18.7 Å².